The van der Waals surface area contributed by atoms with Gasteiger partial charge in [0.2, 0.25) is 11.8 Å². The predicted octanol–water partition coefficient (Wildman–Crippen LogP) is 2.41. The van der Waals surface area contributed by atoms with Crippen molar-refractivity contribution in [3.8, 4) is 0 Å². The van der Waals surface area contributed by atoms with Gasteiger partial charge in [0.25, 0.3) is 0 Å². The summed E-state index contributed by atoms with van der Waals surface area (Å²) in [6, 6.07) is 5.58. The Morgan fingerprint density at radius 1 is 1.32 bits per heavy atom. The van der Waals surface area contributed by atoms with Crippen LogP contribution in [0.2, 0.25) is 5.02 Å². The SMILES string of the molecule is O=C(CN1CSCC1=O)Nc1ccc(N2CCCC2)c(Cl)c1. The van der Waals surface area contributed by atoms with E-state index in [0.717, 1.165) is 18.8 Å². The van der Waals surface area contributed by atoms with Crippen LogP contribution in [0, 0.1) is 0 Å². The molecule has 2 amide bonds. The fraction of sp³-hybridized carbons (Fsp3) is 0.467. The molecule has 5 nitrogen and oxygen atoms in total. The molecule has 0 saturated carbocycles. The van der Waals surface area contributed by atoms with E-state index >= 15 is 0 Å². The van der Waals surface area contributed by atoms with Gasteiger partial charge in [-0.2, -0.15) is 0 Å². The van der Waals surface area contributed by atoms with Crippen LogP contribution in [0.1, 0.15) is 12.8 Å². The van der Waals surface area contributed by atoms with Crippen molar-refractivity contribution in [1.29, 1.82) is 0 Å². The molecule has 118 valence electrons. The molecule has 2 saturated heterocycles. The number of halogens is 1. The Morgan fingerprint density at radius 2 is 2.09 bits per heavy atom. The van der Waals surface area contributed by atoms with Crippen LogP contribution in [0.25, 0.3) is 0 Å². The van der Waals surface area contributed by atoms with Crippen LogP contribution in [0.3, 0.4) is 0 Å². The molecule has 1 N–H and O–H groups in total. The average molecular weight is 340 g/mol. The molecule has 2 heterocycles. The van der Waals surface area contributed by atoms with E-state index in [2.05, 4.69) is 10.2 Å². The molecule has 0 aliphatic carbocycles. The monoisotopic (exact) mass is 339 g/mol. The summed E-state index contributed by atoms with van der Waals surface area (Å²) in [5.41, 5.74) is 1.68. The maximum Gasteiger partial charge on any atom is 0.244 e. The molecule has 0 unspecified atom stereocenters. The van der Waals surface area contributed by atoms with Crippen molar-refractivity contribution in [3.05, 3.63) is 23.2 Å². The Hall–Kier alpha value is -1.40. The molecule has 0 aromatic heterocycles. The largest absolute Gasteiger partial charge is 0.370 e. The highest BCUT2D eigenvalue weighted by molar-refractivity contribution is 8.00. The van der Waals surface area contributed by atoms with Gasteiger partial charge in [0.1, 0.15) is 6.54 Å². The van der Waals surface area contributed by atoms with E-state index in [-0.39, 0.29) is 18.4 Å². The summed E-state index contributed by atoms with van der Waals surface area (Å²) in [5.74, 6) is 0.869. The number of carbonyl (C=O) groups excluding carboxylic acids is 2. The number of carbonyl (C=O) groups is 2. The van der Waals surface area contributed by atoms with Gasteiger partial charge in [0.05, 0.1) is 22.3 Å². The summed E-state index contributed by atoms with van der Waals surface area (Å²) < 4.78 is 0. The second-order valence-corrected chi connectivity index (χ2v) is 6.84. The highest BCUT2D eigenvalue weighted by Crippen LogP contribution is 2.31. The molecule has 2 fully saturated rings. The predicted molar refractivity (Wildman–Crippen MR) is 90.6 cm³/mol. The number of benzene rings is 1. The van der Waals surface area contributed by atoms with Crippen LogP contribution in [0.15, 0.2) is 18.2 Å². The van der Waals surface area contributed by atoms with Crippen molar-refractivity contribution in [2.45, 2.75) is 12.8 Å². The average Bonchev–Trinajstić information content (AvgIpc) is 3.12. The molecule has 0 radical (unpaired) electrons. The van der Waals surface area contributed by atoms with Crippen molar-refractivity contribution in [3.63, 3.8) is 0 Å². The molecule has 2 aliphatic rings. The maximum atomic E-state index is 12.0. The van der Waals surface area contributed by atoms with Crippen LogP contribution in [0.5, 0.6) is 0 Å². The van der Waals surface area contributed by atoms with Crippen molar-refractivity contribution < 1.29 is 9.59 Å². The van der Waals surface area contributed by atoms with Gasteiger partial charge >= 0.3 is 0 Å². The van der Waals surface area contributed by atoms with Crippen LogP contribution in [0.4, 0.5) is 11.4 Å². The van der Waals surface area contributed by atoms with Gasteiger partial charge in [-0.3, -0.25) is 9.59 Å². The summed E-state index contributed by atoms with van der Waals surface area (Å²) in [6.45, 7) is 2.15. The number of amides is 2. The maximum absolute atomic E-state index is 12.0. The molecule has 2 aliphatic heterocycles. The topological polar surface area (TPSA) is 52.7 Å². The first-order valence-corrected chi connectivity index (χ1v) is 8.86. The number of anilines is 2. The van der Waals surface area contributed by atoms with E-state index in [1.165, 1.54) is 24.6 Å². The quantitative estimate of drug-likeness (QED) is 0.915. The summed E-state index contributed by atoms with van der Waals surface area (Å²) in [4.78, 5) is 27.3. The van der Waals surface area contributed by atoms with Gasteiger partial charge < -0.3 is 15.1 Å². The van der Waals surface area contributed by atoms with Crippen molar-refractivity contribution >= 4 is 46.6 Å². The first-order valence-electron chi connectivity index (χ1n) is 7.33. The van der Waals surface area contributed by atoms with E-state index in [1.54, 1.807) is 11.0 Å². The smallest absolute Gasteiger partial charge is 0.244 e. The normalized spacial score (nSPS) is 18.1. The zero-order valence-electron chi connectivity index (χ0n) is 12.2. The third-order valence-corrected chi connectivity index (χ3v) is 5.09. The van der Waals surface area contributed by atoms with Gasteiger partial charge in [-0.05, 0) is 31.0 Å². The molecule has 1 aromatic rings. The highest BCUT2D eigenvalue weighted by atomic mass is 35.5. The molecular weight excluding hydrogens is 322 g/mol. The van der Waals surface area contributed by atoms with Gasteiger partial charge in [-0.1, -0.05) is 11.6 Å². The summed E-state index contributed by atoms with van der Waals surface area (Å²) in [5, 5.41) is 3.45. The van der Waals surface area contributed by atoms with Crippen molar-refractivity contribution in [2.24, 2.45) is 0 Å². The number of hydrogen-bond acceptors (Lipinski definition) is 4. The van der Waals surface area contributed by atoms with Gasteiger partial charge in [-0.25, -0.2) is 0 Å². The van der Waals surface area contributed by atoms with Gasteiger partial charge in [0.15, 0.2) is 0 Å². The first-order chi connectivity index (χ1) is 10.6. The zero-order chi connectivity index (χ0) is 15.5. The van der Waals surface area contributed by atoms with Crippen LogP contribution in [-0.4, -0.2) is 48.0 Å². The Balaban J connectivity index is 1.61. The van der Waals surface area contributed by atoms with Crippen LogP contribution >= 0.6 is 23.4 Å². The lowest BCUT2D eigenvalue weighted by Crippen LogP contribution is -2.34. The number of thioether (sulfide) groups is 1. The third kappa shape index (κ3) is 3.50. The molecule has 3 rings (SSSR count). The molecule has 22 heavy (non-hydrogen) atoms. The number of nitrogens with zero attached hydrogens (tertiary/aromatic N) is 2. The standard InChI is InChI=1S/C15H18ClN3O2S/c16-12-7-11(3-4-13(12)18-5-1-2-6-18)17-14(20)8-19-10-22-9-15(19)21/h3-4,7H,1-2,5-6,8-10H2,(H,17,20). The summed E-state index contributed by atoms with van der Waals surface area (Å²) in [6.07, 6.45) is 2.38. The molecule has 0 bridgehead atoms. The van der Waals surface area contributed by atoms with Crippen molar-refractivity contribution in [2.75, 3.05) is 41.5 Å². The van der Waals surface area contributed by atoms with Crippen LogP contribution in [-0.2, 0) is 9.59 Å². The Bertz CT molecular complexity index is 590. The van der Waals surface area contributed by atoms with Crippen molar-refractivity contribution in [1.82, 2.24) is 4.90 Å². The van der Waals surface area contributed by atoms with E-state index in [0.29, 0.717) is 22.3 Å². The second kappa shape index (κ2) is 6.79. The Labute approximate surface area is 139 Å². The van der Waals surface area contributed by atoms with E-state index in [4.69, 9.17) is 11.6 Å². The zero-order valence-corrected chi connectivity index (χ0v) is 13.8. The summed E-state index contributed by atoms with van der Waals surface area (Å²) >= 11 is 7.85. The van der Waals surface area contributed by atoms with E-state index in [1.807, 2.05) is 12.1 Å². The lowest BCUT2D eigenvalue weighted by atomic mass is 10.2. The third-order valence-electron chi connectivity index (χ3n) is 3.84. The minimum atomic E-state index is -0.194. The molecule has 0 spiro atoms. The molecule has 0 atom stereocenters. The number of hydrogen-bond donors (Lipinski definition) is 1. The lowest BCUT2D eigenvalue weighted by molar-refractivity contribution is -0.130. The minimum Gasteiger partial charge on any atom is -0.370 e. The van der Waals surface area contributed by atoms with Gasteiger partial charge in [0, 0.05) is 18.8 Å². The lowest BCUT2D eigenvalue weighted by Gasteiger charge is -2.20. The van der Waals surface area contributed by atoms with Crippen LogP contribution < -0.4 is 10.2 Å². The Kier molecular flexibility index (Phi) is 4.78. The second-order valence-electron chi connectivity index (χ2n) is 5.48. The fourth-order valence-corrected chi connectivity index (χ4v) is 3.92. The van der Waals surface area contributed by atoms with Gasteiger partial charge in [-0.15, -0.1) is 11.8 Å². The first kappa shape index (κ1) is 15.5. The fourth-order valence-electron chi connectivity index (χ4n) is 2.71. The highest BCUT2D eigenvalue weighted by Gasteiger charge is 2.23. The molecule has 1 aromatic carbocycles. The van der Waals surface area contributed by atoms with E-state index < -0.39 is 0 Å². The summed E-state index contributed by atoms with van der Waals surface area (Å²) in [7, 11) is 0. The number of nitrogens with one attached hydrogen (secondary N) is 1. The van der Waals surface area contributed by atoms with E-state index in [9.17, 15) is 9.59 Å². The molecular formula is C15H18ClN3O2S. The number of rotatable bonds is 4. The Morgan fingerprint density at radius 3 is 2.73 bits per heavy atom. The molecule has 7 heteroatoms. The minimum absolute atomic E-state index is 0.0163.